The summed E-state index contributed by atoms with van der Waals surface area (Å²) >= 11 is 0. The summed E-state index contributed by atoms with van der Waals surface area (Å²) in [5.74, 6) is -1.61. The Morgan fingerprint density at radius 2 is 1.48 bits per heavy atom. The molecule has 0 saturated heterocycles. The Hall–Kier alpha value is -1.51. The van der Waals surface area contributed by atoms with Crippen LogP contribution in [0.15, 0.2) is 60.7 Å². The summed E-state index contributed by atoms with van der Waals surface area (Å²) in [5, 5.41) is 12.6. The molecule has 7 heteroatoms. The molecule has 29 heavy (non-hydrogen) atoms. The molecule has 0 amide bonds. The Kier molecular flexibility index (Phi) is 6.65. The van der Waals surface area contributed by atoms with Gasteiger partial charge in [-0.2, -0.15) is 8.42 Å². The summed E-state index contributed by atoms with van der Waals surface area (Å²) in [7, 11) is -5.88. The lowest BCUT2D eigenvalue weighted by Gasteiger charge is -2.48. The Labute approximate surface area is 175 Å². The SMILES string of the molecule is CC(C)(C)C1CC(O)(OS(=O)(=O)CCO[SiH](c2ccccc2)c2ccccc2)C1. The van der Waals surface area contributed by atoms with Gasteiger partial charge in [-0.1, -0.05) is 81.4 Å². The Morgan fingerprint density at radius 3 is 1.93 bits per heavy atom. The van der Waals surface area contributed by atoms with E-state index in [1.54, 1.807) is 0 Å². The van der Waals surface area contributed by atoms with Gasteiger partial charge in [0.1, 0.15) is 0 Å². The van der Waals surface area contributed by atoms with E-state index in [0.29, 0.717) is 12.8 Å². The molecule has 0 spiro atoms. The standard InChI is InChI=1S/C22H30O5SSi/c1-21(2,3)18-16-22(23,17-18)27-28(24,25)15-14-26-29(19-10-6-4-7-11-19)20-12-8-5-9-13-20/h4-13,18,23,29H,14-17H2,1-3H3. The van der Waals surface area contributed by atoms with E-state index in [4.69, 9.17) is 8.61 Å². The lowest BCUT2D eigenvalue weighted by molar-refractivity contribution is -0.229. The lowest BCUT2D eigenvalue weighted by atomic mass is 9.65. The van der Waals surface area contributed by atoms with Crippen LogP contribution < -0.4 is 10.4 Å². The molecule has 1 aliphatic carbocycles. The van der Waals surface area contributed by atoms with Crippen LogP contribution >= 0.6 is 0 Å². The minimum Gasteiger partial charge on any atom is -0.410 e. The van der Waals surface area contributed by atoms with Gasteiger partial charge in [-0.05, 0) is 21.7 Å². The summed E-state index contributed by atoms with van der Waals surface area (Å²) < 4.78 is 36.0. The first-order valence-corrected chi connectivity index (χ1v) is 13.2. The molecular formula is C22H30O5SSi. The monoisotopic (exact) mass is 434 g/mol. The van der Waals surface area contributed by atoms with Gasteiger partial charge >= 0.3 is 0 Å². The van der Waals surface area contributed by atoms with Gasteiger partial charge in [-0.25, -0.2) is 4.18 Å². The van der Waals surface area contributed by atoms with Crippen molar-refractivity contribution in [3.8, 4) is 0 Å². The molecule has 158 valence electrons. The van der Waals surface area contributed by atoms with Gasteiger partial charge in [0.05, 0.1) is 12.4 Å². The van der Waals surface area contributed by atoms with Gasteiger partial charge in [-0.15, -0.1) is 0 Å². The van der Waals surface area contributed by atoms with Crippen molar-refractivity contribution in [1.29, 1.82) is 0 Å². The quantitative estimate of drug-likeness (QED) is 0.391. The zero-order valence-corrected chi connectivity index (χ0v) is 19.2. The van der Waals surface area contributed by atoms with Gasteiger partial charge in [0, 0.05) is 12.8 Å². The zero-order valence-electron chi connectivity index (χ0n) is 17.2. The van der Waals surface area contributed by atoms with Crippen molar-refractivity contribution < 1.29 is 22.1 Å². The summed E-state index contributed by atoms with van der Waals surface area (Å²) in [4.78, 5) is 0. The van der Waals surface area contributed by atoms with Gasteiger partial charge in [0.2, 0.25) is 9.04 Å². The molecule has 1 fully saturated rings. The molecule has 0 atom stereocenters. The molecule has 0 aromatic heterocycles. The lowest BCUT2D eigenvalue weighted by Crippen LogP contribution is -2.52. The molecule has 0 unspecified atom stereocenters. The van der Waals surface area contributed by atoms with Crippen molar-refractivity contribution in [2.45, 2.75) is 39.4 Å². The molecule has 2 aromatic carbocycles. The minimum atomic E-state index is -3.88. The van der Waals surface area contributed by atoms with Crippen LogP contribution in [0.1, 0.15) is 33.6 Å². The third kappa shape index (κ3) is 5.99. The Morgan fingerprint density at radius 1 is 1.00 bits per heavy atom. The fourth-order valence-corrected chi connectivity index (χ4v) is 7.01. The molecule has 0 radical (unpaired) electrons. The topological polar surface area (TPSA) is 72.8 Å². The highest BCUT2D eigenvalue weighted by Crippen LogP contribution is 2.48. The van der Waals surface area contributed by atoms with E-state index in [1.807, 2.05) is 60.7 Å². The van der Waals surface area contributed by atoms with Gasteiger partial charge < -0.3 is 9.53 Å². The van der Waals surface area contributed by atoms with Crippen LogP contribution in [-0.2, 0) is 18.7 Å². The highest BCUT2D eigenvalue weighted by molar-refractivity contribution is 7.86. The van der Waals surface area contributed by atoms with Crippen LogP contribution in [0, 0.1) is 11.3 Å². The molecular weight excluding hydrogens is 404 g/mol. The predicted octanol–water partition coefficient (Wildman–Crippen LogP) is 2.03. The zero-order chi connectivity index (χ0) is 21.1. The third-order valence-corrected chi connectivity index (χ3v) is 9.24. The number of benzene rings is 2. The van der Waals surface area contributed by atoms with Crippen LogP contribution in [-0.4, -0.2) is 40.7 Å². The largest absolute Gasteiger partial charge is 0.410 e. The molecule has 0 bridgehead atoms. The first kappa shape index (κ1) is 22.2. The Bertz CT molecular complexity index is 848. The average molecular weight is 435 g/mol. The molecule has 1 saturated carbocycles. The first-order valence-electron chi connectivity index (χ1n) is 9.95. The van der Waals surface area contributed by atoms with Crippen LogP contribution in [0.4, 0.5) is 0 Å². The highest BCUT2D eigenvalue weighted by atomic mass is 32.2. The second-order valence-corrected chi connectivity index (χ2v) is 13.0. The molecule has 3 rings (SSSR count). The highest BCUT2D eigenvalue weighted by Gasteiger charge is 2.50. The van der Waals surface area contributed by atoms with E-state index in [0.717, 1.165) is 10.4 Å². The summed E-state index contributed by atoms with van der Waals surface area (Å²) in [6.07, 6.45) is 0.671. The fraction of sp³-hybridized carbons (Fsp3) is 0.455. The van der Waals surface area contributed by atoms with E-state index in [2.05, 4.69) is 20.8 Å². The van der Waals surface area contributed by atoms with Crippen molar-refractivity contribution >= 4 is 29.5 Å². The van der Waals surface area contributed by atoms with E-state index in [-0.39, 0.29) is 23.7 Å². The minimum absolute atomic E-state index is 0.0205. The molecule has 0 heterocycles. The van der Waals surface area contributed by atoms with Crippen molar-refractivity contribution in [3.05, 3.63) is 60.7 Å². The predicted molar refractivity (Wildman–Crippen MR) is 117 cm³/mol. The van der Waals surface area contributed by atoms with Crippen LogP contribution in [0.3, 0.4) is 0 Å². The maximum atomic E-state index is 12.4. The van der Waals surface area contributed by atoms with E-state index >= 15 is 0 Å². The number of rotatable bonds is 8. The van der Waals surface area contributed by atoms with Crippen molar-refractivity contribution in [2.24, 2.45) is 11.3 Å². The number of hydrogen-bond donors (Lipinski definition) is 1. The van der Waals surface area contributed by atoms with Gasteiger partial charge in [-0.3, -0.25) is 0 Å². The normalized spacial score (nSPS) is 22.4. The second kappa shape index (κ2) is 8.69. The van der Waals surface area contributed by atoms with Crippen molar-refractivity contribution in [1.82, 2.24) is 0 Å². The van der Waals surface area contributed by atoms with Gasteiger partial charge in [0.15, 0.2) is 5.79 Å². The van der Waals surface area contributed by atoms with Crippen LogP contribution in [0.5, 0.6) is 0 Å². The number of hydrogen-bond acceptors (Lipinski definition) is 5. The molecule has 2 aromatic rings. The van der Waals surface area contributed by atoms with E-state index < -0.39 is 24.9 Å². The van der Waals surface area contributed by atoms with Crippen molar-refractivity contribution in [3.63, 3.8) is 0 Å². The Balaban J connectivity index is 1.59. The van der Waals surface area contributed by atoms with Crippen molar-refractivity contribution in [2.75, 3.05) is 12.4 Å². The second-order valence-electron chi connectivity index (χ2n) is 8.83. The first-order chi connectivity index (χ1) is 13.6. The molecule has 1 aliphatic rings. The molecule has 0 aliphatic heterocycles. The van der Waals surface area contributed by atoms with Crippen LogP contribution in [0.2, 0.25) is 0 Å². The molecule has 1 N–H and O–H groups in total. The molecule has 5 nitrogen and oxygen atoms in total. The summed E-state index contributed by atoms with van der Waals surface area (Å²) in [6.45, 7) is 6.27. The van der Waals surface area contributed by atoms with E-state index in [1.165, 1.54) is 0 Å². The summed E-state index contributed by atoms with van der Waals surface area (Å²) in [5.41, 5.74) is 0.0205. The average Bonchev–Trinajstić information content (AvgIpc) is 2.63. The third-order valence-electron chi connectivity index (χ3n) is 5.46. The maximum Gasteiger partial charge on any atom is 0.272 e. The number of aliphatic hydroxyl groups is 1. The van der Waals surface area contributed by atoms with Gasteiger partial charge in [0.25, 0.3) is 10.1 Å². The maximum absolute atomic E-state index is 12.4. The van der Waals surface area contributed by atoms with E-state index in [9.17, 15) is 13.5 Å². The summed E-state index contributed by atoms with van der Waals surface area (Å²) in [6, 6.07) is 19.8. The smallest absolute Gasteiger partial charge is 0.272 e. The van der Waals surface area contributed by atoms with Crippen LogP contribution in [0.25, 0.3) is 0 Å². The fourth-order valence-electron chi connectivity index (χ4n) is 3.58.